The summed E-state index contributed by atoms with van der Waals surface area (Å²) >= 11 is 0. The van der Waals surface area contributed by atoms with Crippen LogP contribution in [0.25, 0.3) is 21.9 Å². The van der Waals surface area contributed by atoms with Gasteiger partial charge in [0.25, 0.3) is 0 Å². The maximum atomic E-state index is 2.34. The zero-order valence-electron chi connectivity index (χ0n) is 15.8. The zero-order chi connectivity index (χ0) is 17.5. The van der Waals surface area contributed by atoms with E-state index in [2.05, 4.69) is 102 Å². The lowest BCUT2D eigenvalue weighted by molar-refractivity contribution is 0.590. The van der Waals surface area contributed by atoms with Gasteiger partial charge in [-0.15, -0.1) is 0 Å². The fourth-order valence-corrected chi connectivity index (χ4v) is 3.16. The molecule has 0 N–H and O–H groups in total. The van der Waals surface area contributed by atoms with Gasteiger partial charge in [0.15, 0.2) is 0 Å². The number of benzene rings is 3. The second kappa shape index (κ2) is 5.77. The van der Waals surface area contributed by atoms with Crippen molar-refractivity contribution in [2.75, 3.05) is 0 Å². The van der Waals surface area contributed by atoms with Crippen LogP contribution < -0.4 is 0 Å². The van der Waals surface area contributed by atoms with Gasteiger partial charge >= 0.3 is 0 Å². The number of hydrogen-bond acceptors (Lipinski definition) is 0. The smallest absolute Gasteiger partial charge is 0.0105 e. The van der Waals surface area contributed by atoms with Crippen molar-refractivity contribution in [3.63, 3.8) is 0 Å². The molecule has 0 bridgehead atoms. The van der Waals surface area contributed by atoms with E-state index in [9.17, 15) is 0 Å². The van der Waals surface area contributed by atoms with Crippen molar-refractivity contribution in [3.05, 3.63) is 71.8 Å². The second-order valence-corrected chi connectivity index (χ2v) is 8.82. The Morgan fingerprint density at radius 2 is 1.21 bits per heavy atom. The number of rotatable bonds is 1. The summed E-state index contributed by atoms with van der Waals surface area (Å²) in [6.07, 6.45) is 0. The molecule has 124 valence electrons. The zero-order valence-corrected chi connectivity index (χ0v) is 15.8. The molecule has 0 radical (unpaired) electrons. The topological polar surface area (TPSA) is 0 Å². The minimum atomic E-state index is 0.167. The van der Waals surface area contributed by atoms with Gasteiger partial charge in [-0.05, 0) is 43.9 Å². The largest absolute Gasteiger partial charge is 0.0614 e. The van der Waals surface area contributed by atoms with Gasteiger partial charge in [-0.1, -0.05) is 102 Å². The molecule has 0 saturated carbocycles. The van der Waals surface area contributed by atoms with E-state index in [1.165, 1.54) is 33.0 Å². The maximum absolute atomic E-state index is 2.34. The minimum Gasteiger partial charge on any atom is -0.0614 e. The van der Waals surface area contributed by atoms with Crippen molar-refractivity contribution in [3.8, 4) is 11.1 Å². The van der Waals surface area contributed by atoms with Gasteiger partial charge < -0.3 is 0 Å². The molecule has 24 heavy (non-hydrogen) atoms. The van der Waals surface area contributed by atoms with Crippen molar-refractivity contribution < 1.29 is 0 Å². The first kappa shape index (κ1) is 16.8. The summed E-state index contributed by atoms with van der Waals surface area (Å²) in [5.41, 5.74) is 5.73. The van der Waals surface area contributed by atoms with Gasteiger partial charge in [0.2, 0.25) is 0 Å². The highest BCUT2D eigenvalue weighted by Gasteiger charge is 2.16. The average molecular weight is 316 g/mol. The van der Waals surface area contributed by atoms with E-state index in [1.807, 2.05) is 0 Å². The van der Waals surface area contributed by atoms with Crippen LogP contribution in [0.4, 0.5) is 0 Å². The Labute approximate surface area is 146 Å². The molecule has 0 heteroatoms. The molecular formula is C24H28. The van der Waals surface area contributed by atoms with Crippen LogP contribution in [0, 0.1) is 0 Å². The van der Waals surface area contributed by atoms with E-state index in [-0.39, 0.29) is 10.8 Å². The third-order valence-corrected chi connectivity index (χ3v) is 4.79. The molecule has 0 aliphatic heterocycles. The lowest BCUT2D eigenvalue weighted by atomic mass is 9.83. The van der Waals surface area contributed by atoms with Gasteiger partial charge in [0.05, 0.1) is 0 Å². The average Bonchev–Trinajstić information content (AvgIpc) is 2.52. The monoisotopic (exact) mass is 316 g/mol. The Bertz CT molecular complexity index is 870. The first-order valence-corrected chi connectivity index (χ1v) is 8.80. The highest BCUT2D eigenvalue weighted by molar-refractivity contribution is 5.97. The summed E-state index contributed by atoms with van der Waals surface area (Å²) in [4.78, 5) is 0. The first-order valence-electron chi connectivity index (χ1n) is 8.80. The molecule has 3 rings (SSSR count). The molecule has 3 aromatic carbocycles. The van der Waals surface area contributed by atoms with Crippen LogP contribution in [-0.2, 0) is 10.8 Å². The van der Waals surface area contributed by atoms with E-state index >= 15 is 0 Å². The van der Waals surface area contributed by atoms with Crippen molar-refractivity contribution in [1.29, 1.82) is 0 Å². The Hall–Kier alpha value is -2.08. The van der Waals surface area contributed by atoms with Gasteiger partial charge in [-0.25, -0.2) is 0 Å². The molecule has 0 nitrogen and oxygen atoms in total. The van der Waals surface area contributed by atoms with Gasteiger partial charge in [-0.3, -0.25) is 0 Å². The molecule has 0 aliphatic rings. The minimum absolute atomic E-state index is 0.167. The highest BCUT2D eigenvalue weighted by atomic mass is 14.2. The van der Waals surface area contributed by atoms with Crippen molar-refractivity contribution >= 4 is 10.8 Å². The highest BCUT2D eigenvalue weighted by Crippen LogP contribution is 2.34. The summed E-state index contributed by atoms with van der Waals surface area (Å²) in [5.74, 6) is 0. The number of fused-ring (bicyclic) bond motifs is 1. The molecule has 3 aromatic rings. The second-order valence-electron chi connectivity index (χ2n) is 8.82. The standard InChI is InChI=1S/C24H28/c1-23(2,3)19-11-7-9-17(15-19)21-12-8-10-18-16-20(24(4,5)6)13-14-22(18)21/h7-16H,1-6H3. The Morgan fingerprint density at radius 1 is 0.583 bits per heavy atom. The molecule has 0 spiro atoms. The quantitative estimate of drug-likeness (QED) is 0.449. The van der Waals surface area contributed by atoms with Crippen LogP contribution in [0.15, 0.2) is 60.7 Å². The molecule has 0 fully saturated rings. The lowest BCUT2D eigenvalue weighted by Crippen LogP contribution is -2.11. The molecular weight excluding hydrogens is 288 g/mol. The number of hydrogen-bond donors (Lipinski definition) is 0. The van der Waals surface area contributed by atoms with Crippen LogP contribution in [0.1, 0.15) is 52.7 Å². The van der Waals surface area contributed by atoms with E-state index in [1.54, 1.807) is 0 Å². The maximum Gasteiger partial charge on any atom is -0.0105 e. The Balaban J connectivity index is 2.17. The van der Waals surface area contributed by atoms with Crippen LogP contribution in [0.3, 0.4) is 0 Å². The van der Waals surface area contributed by atoms with Gasteiger partial charge in [0, 0.05) is 0 Å². The molecule has 0 heterocycles. The molecule has 0 saturated heterocycles. The van der Waals surface area contributed by atoms with Gasteiger partial charge in [0.1, 0.15) is 0 Å². The molecule has 0 unspecified atom stereocenters. The Kier molecular flexibility index (Phi) is 4.03. The summed E-state index contributed by atoms with van der Waals surface area (Å²) < 4.78 is 0. The molecule has 0 atom stereocenters. The third-order valence-electron chi connectivity index (χ3n) is 4.79. The van der Waals surface area contributed by atoms with Gasteiger partial charge in [-0.2, -0.15) is 0 Å². The lowest BCUT2D eigenvalue weighted by Gasteiger charge is -2.21. The van der Waals surface area contributed by atoms with Crippen molar-refractivity contribution in [2.24, 2.45) is 0 Å². The predicted molar refractivity (Wildman–Crippen MR) is 107 cm³/mol. The van der Waals surface area contributed by atoms with E-state index in [0.717, 1.165) is 0 Å². The van der Waals surface area contributed by atoms with E-state index < -0.39 is 0 Å². The fraction of sp³-hybridized carbons (Fsp3) is 0.333. The van der Waals surface area contributed by atoms with Crippen molar-refractivity contribution in [2.45, 2.75) is 52.4 Å². The SMILES string of the molecule is CC(C)(C)c1cccc(-c2cccc3cc(C(C)(C)C)ccc23)c1. The summed E-state index contributed by atoms with van der Waals surface area (Å²) in [6, 6.07) is 22.5. The van der Waals surface area contributed by atoms with Crippen molar-refractivity contribution in [1.82, 2.24) is 0 Å². The first-order chi connectivity index (χ1) is 11.2. The Morgan fingerprint density at radius 3 is 1.88 bits per heavy atom. The summed E-state index contributed by atoms with van der Waals surface area (Å²) in [6.45, 7) is 13.6. The van der Waals surface area contributed by atoms with Crippen LogP contribution in [-0.4, -0.2) is 0 Å². The van der Waals surface area contributed by atoms with E-state index in [0.29, 0.717) is 0 Å². The molecule has 0 aliphatic carbocycles. The predicted octanol–water partition coefficient (Wildman–Crippen LogP) is 7.10. The summed E-state index contributed by atoms with van der Waals surface area (Å²) in [5, 5.41) is 2.65. The molecule has 0 amide bonds. The van der Waals surface area contributed by atoms with E-state index in [4.69, 9.17) is 0 Å². The normalized spacial score (nSPS) is 12.6. The van der Waals surface area contributed by atoms with Crippen LogP contribution in [0.5, 0.6) is 0 Å². The fourth-order valence-electron chi connectivity index (χ4n) is 3.16. The van der Waals surface area contributed by atoms with Crippen LogP contribution in [0.2, 0.25) is 0 Å². The van der Waals surface area contributed by atoms with Crippen LogP contribution >= 0.6 is 0 Å². The third kappa shape index (κ3) is 3.24. The summed E-state index contributed by atoms with van der Waals surface area (Å²) in [7, 11) is 0. The molecule has 0 aromatic heterocycles.